The molecule has 1 saturated carbocycles. The highest BCUT2D eigenvalue weighted by molar-refractivity contribution is 5.91. The molecule has 0 saturated heterocycles. The summed E-state index contributed by atoms with van der Waals surface area (Å²) in [5.74, 6) is 0.510. The van der Waals surface area contributed by atoms with Gasteiger partial charge in [0.25, 0.3) is 0 Å². The Morgan fingerprint density at radius 3 is 2.46 bits per heavy atom. The topological polar surface area (TPSA) is 34.1 Å². The predicted octanol–water partition coefficient (Wildman–Crippen LogP) is 2.36. The van der Waals surface area contributed by atoms with E-state index in [1.165, 1.54) is 0 Å². The first-order chi connectivity index (χ1) is 5.91. The van der Waals surface area contributed by atoms with Crippen LogP contribution in [-0.2, 0) is 9.59 Å². The summed E-state index contributed by atoms with van der Waals surface area (Å²) in [5.41, 5.74) is -0.289. The Balaban J connectivity index is 2.62. The van der Waals surface area contributed by atoms with Gasteiger partial charge in [-0.15, -0.1) is 0 Å². The Labute approximate surface area is 79.7 Å². The van der Waals surface area contributed by atoms with Crippen molar-refractivity contribution in [3.8, 4) is 0 Å². The van der Waals surface area contributed by atoms with Crippen molar-refractivity contribution in [3.05, 3.63) is 0 Å². The molecule has 0 spiro atoms. The second-order valence-corrected chi connectivity index (χ2v) is 4.95. The van der Waals surface area contributed by atoms with E-state index in [0.717, 1.165) is 12.8 Å². The third-order valence-electron chi connectivity index (χ3n) is 2.59. The number of hydrogen-bond acceptors (Lipinski definition) is 2. The molecule has 0 aromatic rings. The van der Waals surface area contributed by atoms with E-state index in [-0.39, 0.29) is 22.9 Å². The first-order valence-electron chi connectivity index (χ1n) is 4.97. The van der Waals surface area contributed by atoms with Crippen molar-refractivity contribution >= 4 is 11.6 Å². The van der Waals surface area contributed by atoms with Gasteiger partial charge in [-0.25, -0.2) is 0 Å². The van der Waals surface area contributed by atoms with Gasteiger partial charge in [0.15, 0.2) is 0 Å². The van der Waals surface area contributed by atoms with Crippen LogP contribution in [0.25, 0.3) is 0 Å². The van der Waals surface area contributed by atoms with Crippen molar-refractivity contribution in [1.29, 1.82) is 0 Å². The molecule has 1 aliphatic carbocycles. The maximum absolute atomic E-state index is 11.8. The van der Waals surface area contributed by atoms with Gasteiger partial charge < -0.3 is 0 Å². The van der Waals surface area contributed by atoms with E-state index < -0.39 is 0 Å². The third kappa shape index (κ3) is 2.64. The van der Waals surface area contributed by atoms with E-state index in [9.17, 15) is 9.59 Å². The van der Waals surface area contributed by atoms with Crippen LogP contribution >= 0.6 is 0 Å². The fraction of sp³-hybridized carbons (Fsp3) is 0.818. The number of Topliss-reactive ketones (excluding diaryl/α,β-unsaturated/α-hetero) is 2. The maximum Gasteiger partial charge on any atom is 0.141 e. The minimum absolute atomic E-state index is 0.00116. The van der Waals surface area contributed by atoms with Crippen LogP contribution in [0.3, 0.4) is 0 Å². The second kappa shape index (κ2) is 3.60. The molecule has 2 nitrogen and oxygen atoms in total. The van der Waals surface area contributed by atoms with Crippen LogP contribution < -0.4 is 0 Å². The van der Waals surface area contributed by atoms with Crippen LogP contribution in [0.1, 0.15) is 46.5 Å². The smallest absolute Gasteiger partial charge is 0.141 e. The van der Waals surface area contributed by atoms with E-state index in [4.69, 9.17) is 0 Å². The van der Waals surface area contributed by atoms with E-state index in [2.05, 4.69) is 0 Å². The maximum atomic E-state index is 11.8. The third-order valence-corrected chi connectivity index (χ3v) is 2.59. The number of ketones is 2. The highest BCUT2D eigenvalue weighted by Crippen LogP contribution is 2.29. The molecule has 1 atom stereocenters. The van der Waals surface area contributed by atoms with Gasteiger partial charge in [0.1, 0.15) is 11.6 Å². The molecular weight excluding hydrogens is 164 g/mol. The Bertz CT molecular complexity index is 223. The zero-order valence-electron chi connectivity index (χ0n) is 8.72. The second-order valence-electron chi connectivity index (χ2n) is 4.95. The van der Waals surface area contributed by atoms with Crippen LogP contribution in [0, 0.1) is 11.3 Å². The molecule has 0 bridgehead atoms. The summed E-state index contributed by atoms with van der Waals surface area (Å²) >= 11 is 0. The van der Waals surface area contributed by atoms with Gasteiger partial charge in [-0.2, -0.15) is 0 Å². The minimum Gasteiger partial charge on any atom is -0.300 e. The lowest BCUT2D eigenvalue weighted by molar-refractivity contribution is -0.135. The molecule has 0 aromatic heterocycles. The average molecular weight is 182 g/mol. The Morgan fingerprint density at radius 2 is 2.00 bits per heavy atom. The largest absolute Gasteiger partial charge is 0.300 e. The molecule has 1 aliphatic rings. The standard InChI is InChI=1S/C11H18O2/c1-11(2,3)10(13)8-5-4-6-9(12)7-8/h8H,4-7H2,1-3H3/t8-/m0/s1. The van der Waals surface area contributed by atoms with Gasteiger partial charge in [-0.1, -0.05) is 20.8 Å². The van der Waals surface area contributed by atoms with Gasteiger partial charge in [0.05, 0.1) is 0 Å². The van der Waals surface area contributed by atoms with Crippen LogP contribution in [0.15, 0.2) is 0 Å². The average Bonchev–Trinajstić information content (AvgIpc) is 2.01. The summed E-state index contributed by atoms with van der Waals surface area (Å²) in [6.45, 7) is 5.78. The lowest BCUT2D eigenvalue weighted by atomic mass is 9.76. The molecule has 1 rings (SSSR count). The lowest BCUT2D eigenvalue weighted by Crippen LogP contribution is -2.32. The van der Waals surface area contributed by atoms with Gasteiger partial charge in [-0.3, -0.25) is 9.59 Å². The summed E-state index contributed by atoms with van der Waals surface area (Å²) in [5, 5.41) is 0. The zero-order chi connectivity index (χ0) is 10.1. The molecule has 2 heteroatoms. The highest BCUT2D eigenvalue weighted by atomic mass is 16.1. The monoisotopic (exact) mass is 182 g/mol. The summed E-state index contributed by atoms with van der Waals surface area (Å²) in [6.07, 6.45) is 2.96. The van der Waals surface area contributed by atoms with Crippen LogP contribution in [0.2, 0.25) is 0 Å². The molecule has 74 valence electrons. The molecule has 0 unspecified atom stereocenters. The van der Waals surface area contributed by atoms with E-state index >= 15 is 0 Å². The van der Waals surface area contributed by atoms with Crippen LogP contribution in [0.5, 0.6) is 0 Å². The molecular formula is C11H18O2. The molecule has 0 radical (unpaired) electrons. The summed E-state index contributed by atoms with van der Waals surface area (Å²) in [7, 11) is 0. The summed E-state index contributed by atoms with van der Waals surface area (Å²) < 4.78 is 0. The molecule has 1 fully saturated rings. The highest BCUT2D eigenvalue weighted by Gasteiger charge is 2.32. The van der Waals surface area contributed by atoms with Crippen molar-refractivity contribution < 1.29 is 9.59 Å². The predicted molar refractivity (Wildman–Crippen MR) is 51.4 cm³/mol. The molecule has 0 N–H and O–H groups in total. The van der Waals surface area contributed by atoms with Gasteiger partial charge in [-0.05, 0) is 12.8 Å². The van der Waals surface area contributed by atoms with Crippen molar-refractivity contribution in [1.82, 2.24) is 0 Å². The van der Waals surface area contributed by atoms with Gasteiger partial charge in [0, 0.05) is 24.2 Å². The normalized spacial score (nSPS) is 24.5. The van der Waals surface area contributed by atoms with E-state index in [1.54, 1.807) is 0 Å². The van der Waals surface area contributed by atoms with E-state index in [1.807, 2.05) is 20.8 Å². The SMILES string of the molecule is CC(C)(C)C(=O)[C@H]1CCCC(=O)C1. The Kier molecular flexibility index (Phi) is 2.89. The zero-order valence-corrected chi connectivity index (χ0v) is 8.72. The fourth-order valence-electron chi connectivity index (χ4n) is 1.86. The minimum atomic E-state index is -0.289. The van der Waals surface area contributed by atoms with Crippen molar-refractivity contribution in [2.75, 3.05) is 0 Å². The first-order valence-corrected chi connectivity index (χ1v) is 4.97. The van der Waals surface area contributed by atoms with Crippen molar-refractivity contribution in [2.45, 2.75) is 46.5 Å². The molecule has 13 heavy (non-hydrogen) atoms. The van der Waals surface area contributed by atoms with Crippen molar-refractivity contribution in [2.24, 2.45) is 11.3 Å². The first kappa shape index (κ1) is 10.4. The number of carbonyl (C=O) groups excluding carboxylic acids is 2. The number of rotatable bonds is 1. The van der Waals surface area contributed by atoms with Crippen LogP contribution in [-0.4, -0.2) is 11.6 Å². The lowest BCUT2D eigenvalue weighted by Gasteiger charge is -2.26. The van der Waals surface area contributed by atoms with Gasteiger partial charge in [0.2, 0.25) is 0 Å². The molecule has 0 heterocycles. The molecule has 0 aromatic carbocycles. The Morgan fingerprint density at radius 1 is 1.38 bits per heavy atom. The number of carbonyl (C=O) groups is 2. The molecule has 0 aliphatic heterocycles. The fourth-order valence-corrected chi connectivity index (χ4v) is 1.86. The molecule has 0 amide bonds. The van der Waals surface area contributed by atoms with Crippen LogP contribution in [0.4, 0.5) is 0 Å². The quantitative estimate of drug-likeness (QED) is 0.624. The summed E-state index contributed by atoms with van der Waals surface area (Å²) in [4.78, 5) is 23.0. The number of hydrogen-bond donors (Lipinski definition) is 0. The van der Waals surface area contributed by atoms with E-state index in [0.29, 0.717) is 12.8 Å². The van der Waals surface area contributed by atoms with Gasteiger partial charge >= 0.3 is 0 Å². The Hall–Kier alpha value is -0.660. The van der Waals surface area contributed by atoms with Crippen molar-refractivity contribution in [3.63, 3.8) is 0 Å². The summed E-state index contributed by atoms with van der Waals surface area (Å²) in [6, 6.07) is 0.